The number of nitrogens with one attached hydrogen (secondary N) is 2. The van der Waals surface area contributed by atoms with E-state index in [0.29, 0.717) is 29.2 Å². The van der Waals surface area contributed by atoms with Crippen LogP contribution < -0.4 is 20.9 Å². The van der Waals surface area contributed by atoms with Gasteiger partial charge in [-0.3, -0.25) is 9.59 Å². The van der Waals surface area contributed by atoms with Crippen molar-refractivity contribution < 1.29 is 13.9 Å². The van der Waals surface area contributed by atoms with Crippen LogP contribution in [0.2, 0.25) is 0 Å². The molecule has 1 amide bonds. The van der Waals surface area contributed by atoms with E-state index in [4.69, 9.17) is 4.74 Å². The predicted molar refractivity (Wildman–Crippen MR) is 142 cm³/mol. The molecular formula is C28H28FN5O3. The van der Waals surface area contributed by atoms with Gasteiger partial charge in [-0.2, -0.15) is 9.78 Å². The number of aromatic nitrogens is 2. The minimum absolute atomic E-state index is 0.144. The third kappa shape index (κ3) is 6.39. The van der Waals surface area contributed by atoms with Crippen LogP contribution in [-0.4, -0.2) is 47.8 Å². The monoisotopic (exact) mass is 501 g/mol. The molecule has 190 valence electrons. The van der Waals surface area contributed by atoms with E-state index >= 15 is 0 Å². The second-order valence-corrected chi connectivity index (χ2v) is 8.71. The number of anilines is 2. The predicted octanol–water partition coefficient (Wildman–Crippen LogP) is 4.51. The molecule has 2 N–H and O–H groups in total. The molecule has 0 spiro atoms. The van der Waals surface area contributed by atoms with Crippen molar-refractivity contribution in [1.82, 2.24) is 20.0 Å². The highest BCUT2D eigenvalue weighted by molar-refractivity contribution is 5.94. The summed E-state index contributed by atoms with van der Waals surface area (Å²) in [6.07, 6.45) is 1.44. The van der Waals surface area contributed by atoms with Crippen molar-refractivity contribution in [3.8, 4) is 17.2 Å². The molecule has 0 aliphatic heterocycles. The standard InChI is InChI=1S/C28H28FN5O3/c1-19-6-4-5-7-24(19)37-25-18-31-34(23-14-10-21(29)11-15-23)28(36)26(25)32-22-12-8-20(9-13-22)27(35)30-16-17-33(2)3/h4-15,18,32H,16-17H2,1-3H3,(H,30,35). The highest BCUT2D eigenvalue weighted by Crippen LogP contribution is 2.30. The van der Waals surface area contributed by atoms with Crippen molar-refractivity contribution in [1.29, 1.82) is 0 Å². The van der Waals surface area contributed by atoms with Gasteiger partial charge in [-0.05, 0) is 81.2 Å². The van der Waals surface area contributed by atoms with Crippen molar-refractivity contribution in [2.75, 3.05) is 32.5 Å². The fourth-order valence-electron chi connectivity index (χ4n) is 3.53. The van der Waals surface area contributed by atoms with E-state index in [9.17, 15) is 14.0 Å². The average molecular weight is 502 g/mol. The van der Waals surface area contributed by atoms with Crippen molar-refractivity contribution in [3.05, 3.63) is 106 Å². The van der Waals surface area contributed by atoms with Gasteiger partial charge < -0.3 is 20.3 Å². The Hall–Kier alpha value is -4.50. The molecule has 0 saturated heterocycles. The molecule has 3 aromatic carbocycles. The number of halogens is 1. The summed E-state index contributed by atoms with van der Waals surface area (Å²) in [5, 5.41) is 10.2. The Bertz CT molecular complexity index is 1430. The summed E-state index contributed by atoms with van der Waals surface area (Å²) >= 11 is 0. The molecule has 0 fully saturated rings. The summed E-state index contributed by atoms with van der Waals surface area (Å²) in [5.74, 6) is 0.208. The smallest absolute Gasteiger partial charge is 0.299 e. The maximum atomic E-state index is 13.5. The summed E-state index contributed by atoms with van der Waals surface area (Å²) in [6.45, 7) is 3.17. The number of carbonyl (C=O) groups is 1. The normalized spacial score (nSPS) is 10.8. The van der Waals surface area contributed by atoms with Crippen LogP contribution in [0.25, 0.3) is 5.69 Å². The Morgan fingerprint density at radius 2 is 1.70 bits per heavy atom. The maximum Gasteiger partial charge on any atom is 0.299 e. The molecule has 9 heteroatoms. The highest BCUT2D eigenvalue weighted by atomic mass is 19.1. The van der Waals surface area contributed by atoms with Gasteiger partial charge in [-0.25, -0.2) is 4.39 Å². The van der Waals surface area contributed by atoms with Crippen LogP contribution in [0.4, 0.5) is 15.8 Å². The third-order valence-electron chi connectivity index (χ3n) is 5.59. The number of hydrogen-bond acceptors (Lipinski definition) is 6. The van der Waals surface area contributed by atoms with Gasteiger partial charge in [0.25, 0.3) is 11.5 Å². The SMILES string of the molecule is Cc1ccccc1Oc1cnn(-c2ccc(F)cc2)c(=O)c1Nc1ccc(C(=O)NCCN(C)C)cc1. The number of amides is 1. The van der Waals surface area contributed by atoms with E-state index < -0.39 is 11.4 Å². The number of para-hydroxylation sites is 1. The summed E-state index contributed by atoms with van der Waals surface area (Å²) in [7, 11) is 3.87. The van der Waals surface area contributed by atoms with Crippen molar-refractivity contribution in [2.24, 2.45) is 0 Å². The third-order valence-corrected chi connectivity index (χ3v) is 5.59. The van der Waals surface area contributed by atoms with Gasteiger partial charge >= 0.3 is 0 Å². The van der Waals surface area contributed by atoms with E-state index in [-0.39, 0.29) is 17.3 Å². The molecular weight excluding hydrogens is 473 g/mol. The van der Waals surface area contributed by atoms with E-state index in [1.54, 1.807) is 30.3 Å². The molecule has 4 rings (SSSR count). The van der Waals surface area contributed by atoms with Gasteiger partial charge in [0.1, 0.15) is 11.6 Å². The first kappa shape index (κ1) is 25.6. The lowest BCUT2D eigenvalue weighted by atomic mass is 10.2. The number of likely N-dealkylation sites (N-methyl/N-ethyl adjacent to an activating group) is 1. The Balaban J connectivity index is 1.65. The second kappa shape index (κ2) is 11.5. The van der Waals surface area contributed by atoms with Crippen molar-refractivity contribution in [3.63, 3.8) is 0 Å². The second-order valence-electron chi connectivity index (χ2n) is 8.71. The Morgan fingerprint density at radius 1 is 1.00 bits per heavy atom. The average Bonchev–Trinajstić information content (AvgIpc) is 2.88. The Morgan fingerprint density at radius 3 is 2.38 bits per heavy atom. The molecule has 1 aromatic heterocycles. The minimum atomic E-state index is -0.483. The molecule has 1 heterocycles. The zero-order chi connectivity index (χ0) is 26.4. The lowest BCUT2D eigenvalue weighted by molar-refractivity contribution is 0.0951. The number of hydrogen-bond donors (Lipinski definition) is 2. The minimum Gasteiger partial charge on any atom is -0.453 e. The van der Waals surface area contributed by atoms with Crippen molar-refractivity contribution >= 4 is 17.3 Å². The fraction of sp³-hybridized carbons (Fsp3) is 0.179. The first-order valence-corrected chi connectivity index (χ1v) is 11.7. The van der Waals surface area contributed by atoms with Crippen LogP contribution in [0.5, 0.6) is 11.5 Å². The largest absolute Gasteiger partial charge is 0.453 e. The summed E-state index contributed by atoms with van der Waals surface area (Å²) in [5.41, 5.74) is 2.03. The number of nitrogens with zero attached hydrogens (tertiary/aromatic N) is 3. The molecule has 0 saturated carbocycles. The van der Waals surface area contributed by atoms with Crippen LogP contribution in [0.15, 0.2) is 83.8 Å². The number of rotatable bonds is 9. The van der Waals surface area contributed by atoms with E-state index in [2.05, 4.69) is 15.7 Å². The Kier molecular flexibility index (Phi) is 7.95. The lowest BCUT2D eigenvalue weighted by Gasteiger charge is -2.16. The molecule has 8 nitrogen and oxygen atoms in total. The van der Waals surface area contributed by atoms with E-state index in [1.807, 2.05) is 44.1 Å². The lowest BCUT2D eigenvalue weighted by Crippen LogP contribution is -2.31. The van der Waals surface area contributed by atoms with E-state index in [1.165, 1.54) is 35.1 Å². The maximum absolute atomic E-state index is 13.5. The van der Waals surface area contributed by atoms with Gasteiger partial charge in [0.2, 0.25) is 0 Å². The summed E-state index contributed by atoms with van der Waals surface area (Å²) in [6, 6.07) is 19.7. The van der Waals surface area contributed by atoms with Crippen LogP contribution in [0, 0.1) is 12.7 Å². The van der Waals surface area contributed by atoms with Crippen LogP contribution >= 0.6 is 0 Å². The fourth-order valence-corrected chi connectivity index (χ4v) is 3.53. The number of ether oxygens (including phenoxy) is 1. The van der Waals surface area contributed by atoms with Crippen LogP contribution in [0.3, 0.4) is 0 Å². The molecule has 0 unspecified atom stereocenters. The topological polar surface area (TPSA) is 88.5 Å². The molecule has 0 aliphatic carbocycles. The first-order chi connectivity index (χ1) is 17.8. The quantitative estimate of drug-likeness (QED) is 0.351. The molecule has 4 aromatic rings. The zero-order valence-electron chi connectivity index (χ0n) is 20.9. The van der Waals surface area contributed by atoms with Gasteiger partial charge in [0, 0.05) is 24.3 Å². The summed E-state index contributed by atoms with van der Waals surface area (Å²) < 4.78 is 20.7. The van der Waals surface area contributed by atoms with Gasteiger partial charge in [0.15, 0.2) is 11.4 Å². The summed E-state index contributed by atoms with van der Waals surface area (Å²) in [4.78, 5) is 27.9. The zero-order valence-corrected chi connectivity index (χ0v) is 20.9. The highest BCUT2D eigenvalue weighted by Gasteiger charge is 2.16. The van der Waals surface area contributed by atoms with E-state index in [0.717, 1.165) is 12.1 Å². The molecule has 0 aliphatic rings. The number of aryl methyl sites for hydroxylation is 1. The molecule has 0 radical (unpaired) electrons. The van der Waals surface area contributed by atoms with Crippen molar-refractivity contribution in [2.45, 2.75) is 6.92 Å². The van der Waals surface area contributed by atoms with Crippen LogP contribution in [-0.2, 0) is 0 Å². The Labute approximate surface area is 214 Å². The molecule has 37 heavy (non-hydrogen) atoms. The van der Waals surface area contributed by atoms with Crippen LogP contribution in [0.1, 0.15) is 15.9 Å². The van der Waals surface area contributed by atoms with Gasteiger partial charge in [-0.1, -0.05) is 18.2 Å². The van der Waals surface area contributed by atoms with Gasteiger partial charge in [-0.15, -0.1) is 0 Å². The van der Waals surface area contributed by atoms with Gasteiger partial charge in [0.05, 0.1) is 11.9 Å². The molecule has 0 bridgehead atoms. The number of carbonyl (C=O) groups excluding carboxylic acids is 1. The molecule has 0 atom stereocenters. The first-order valence-electron chi connectivity index (χ1n) is 11.7. The number of benzene rings is 3.